The fraction of sp³-hybridized carbons (Fsp3) is 0.500. The molecule has 2 N–H and O–H groups in total. The highest BCUT2D eigenvalue weighted by Gasteiger charge is 2.22. The van der Waals surface area contributed by atoms with Crippen molar-refractivity contribution in [2.75, 3.05) is 52.2 Å². The summed E-state index contributed by atoms with van der Waals surface area (Å²) in [6.07, 6.45) is 5.88. The second-order valence-electron chi connectivity index (χ2n) is 9.60. The molecule has 0 amide bonds. The van der Waals surface area contributed by atoms with Crippen LogP contribution in [0.15, 0.2) is 36.4 Å². The average Bonchev–Trinajstić information content (AvgIpc) is 2.90. The standard InChI is InChI=1S/C28H39N5O3/c1-33(2)27-22-8-6-7-9-23(22)31-28(32-27)30-21-13-10-19(11-14-21)16-17-29-18-20-12-15-24(34-3)26(36-5)25(20)35-4/h6-9,12,15,19,21,29H,10-11,13-14,16-18H2,1-5H3,(H,30,31,32). The molecule has 4 rings (SSSR count). The first-order valence-corrected chi connectivity index (χ1v) is 12.7. The van der Waals surface area contributed by atoms with Gasteiger partial charge in [-0.15, -0.1) is 0 Å². The van der Waals surface area contributed by atoms with Gasteiger partial charge in [0, 0.05) is 37.6 Å². The molecule has 1 heterocycles. The summed E-state index contributed by atoms with van der Waals surface area (Å²) in [5.41, 5.74) is 2.04. The van der Waals surface area contributed by atoms with Crippen LogP contribution in [0.5, 0.6) is 17.2 Å². The minimum absolute atomic E-state index is 0.418. The monoisotopic (exact) mass is 493 g/mol. The zero-order chi connectivity index (χ0) is 25.5. The van der Waals surface area contributed by atoms with Gasteiger partial charge in [-0.3, -0.25) is 0 Å². The van der Waals surface area contributed by atoms with Crippen LogP contribution in [0.3, 0.4) is 0 Å². The normalized spacial score (nSPS) is 17.6. The molecule has 1 aliphatic carbocycles. The molecule has 1 fully saturated rings. The van der Waals surface area contributed by atoms with Crippen molar-refractivity contribution in [2.45, 2.75) is 44.7 Å². The Morgan fingerprint density at radius 3 is 2.33 bits per heavy atom. The van der Waals surface area contributed by atoms with Crippen molar-refractivity contribution in [3.63, 3.8) is 0 Å². The van der Waals surface area contributed by atoms with Crippen LogP contribution in [-0.2, 0) is 6.54 Å². The zero-order valence-corrected chi connectivity index (χ0v) is 22.1. The quantitative estimate of drug-likeness (QED) is 0.366. The lowest BCUT2D eigenvalue weighted by Gasteiger charge is -2.29. The Morgan fingerprint density at radius 1 is 0.889 bits per heavy atom. The van der Waals surface area contributed by atoms with Gasteiger partial charge in [0.05, 0.1) is 26.8 Å². The fourth-order valence-electron chi connectivity index (χ4n) is 5.07. The number of nitrogens with zero attached hydrogens (tertiary/aromatic N) is 3. The van der Waals surface area contributed by atoms with E-state index in [0.29, 0.717) is 17.5 Å². The second kappa shape index (κ2) is 12.1. The SMILES string of the molecule is COc1ccc(CNCCC2CCC(Nc3nc(N(C)C)c4ccccc4n3)CC2)c(OC)c1OC. The van der Waals surface area contributed by atoms with Gasteiger partial charge in [-0.25, -0.2) is 4.98 Å². The van der Waals surface area contributed by atoms with Gasteiger partial charge in [0.2, 0.25) is 11.7 Å². The summed E-state index contributed by atoms with van der Waals surface area (Å²) in [5, 5.41) is 8.27. The van der Waals surface area contributed by atoms with E-state index >= 15 is 0 Å². The first-order chi connectivity index (χ1) is 17.5. The smallest absolute Gasteiger partial charge is 0.225 e. The van der Waals surface area contributed by atoms with E-state index in [1.165, 1.54) is 19.3 Å². The predicted octanol–water partition coefficient (Wildman–Crippen LogP) is 4.87. The van der Waals surface area contributed by atoms with Crippen LogP contribution < -0.4 is 29.7 Å². The van der Waals surface area contributed by atoms with Crippen molar-refractivity contribution in [1.29, 1.82) is 0 Å². The maximum absolute atomic E-state index is 5.60. The number of methoxy groups -OCH3 is 3. The van der Waals surface area contributed by atoms with Crippen molar-refractivity contribution in [3.05, 3.63) is 42.0 Å². The third-order valence-electron chi connectivity index (χ3n) is 7.02. The molecule has 0 bridgehead atoms. The van der Waals surface area contributed by atoms with Crippen LogP contribution in [0.2, 0.25) is 0 Å². The summed E-state index contributed by atoms with van der Waals surface area (Å²) in [4.78, 5) is 11.6. The van der Waals surface area contributed by atoms with Gasteiger partial charge in [-0.1, -0.05) is 18.2 Å². The van der Waals surface area contributed by atoms with Crippen molar-refractivity contribution in [3.8, 4) is 17.2 Å². The molecule has 0 aliphatic heterocycles. The first kappa shape index (κ1) is 25.8. The second-order valence-corrected chi connectivity index (χ2v) is 9.60. The van der Waals surface area contributed by atoms with Gasteiger partial charge in [0.1, 0.15) is 5.82 Å². The van der Waals surface area contributed by atoms with Gasteiger partial charge in [0.25, 0.3) is 0 Å². The Labute approximate surface area is 214 Å². The molecule has 0 saturated heterocycles. The third kappa shape index (κ3) is 5.93. The molecule has 1 aromatic heterocycles. The van der Waals surface area contributed by atoms with E-state index in [0.717, 1.165) is 65.8 Å². The maximum Gasteiger partial charge on any atom is 0.225 e. The predicted molar refractivity (Wildman–Crippen MR) is 146 cm³/mol. The van der Waals surface area contributed by atoms with Crippen LogP contribution in [0.25, 0.3) is 10.9 Å². The molecule has 0 unspecified atom stereocenters. The van der Waals surface area contributed by atoms with Gasteiger partial charge in [0.15, 0.2) is 11.5 Å². The first-order valence-electron chi connectivity index (χ1n) is 12.7. The Balaban J connectivity index is 1.25. The molecular formula is C28H39N5O3. The van der Waals surface area contributed by atoms with E-state index in [1.54, 1.807) is 21.3 Å². The van der Waals surface area contributed by atoms with E-state index in [4.69, 9.17) is 24.2 Å². The Bertz CT molecular complexity index is 1150. The number of aromatic nitrogens is 2. The number of nitrogens with one attached hydrogen (secondary N) is 2. The molecular weight excluding hydrogens is 454 g/mol. The van der Waals surface area contributed by atoms with Gasteiger partial charge < -0.3 is 29.7 Å². The largest absolute Gasteiger partial charge is 0.493 e. The van der Waals surface area contributed by atoms with Crippen LogP contribution in [0.4, 0.5) is 11.8 Å². The van der Waals surface area contributed by atoms with E-state index in [-0.39, 0.29) is 0 Å². The van der Waals surface area contributed by atoms with Crippen molar-refractivity contribution in [1.82, 2.24) is 15.3 Å². The molecule has 3 aromatic rings. The lowest BCUT2D eigenvalue weighted by molar-refractivity contribution is 0.313. The Hall–Kier alpha value is -3.26. The number of benzene rings is 2. The highest BCUT2D eigenvalue weighted by atomic mass is 16.5. The minimum atomic E-state index is 0.418. The molecule has 2 aromatic carbocycles. The lowest BCUT2D eigenvalue weighted by Crippen LogP contribution is -2.28. The van der Waals surface area contributed by atoms with Gasteiger partial charge in [-0.2, -0.15) is 4.98 Å². The van der Waals surface area contributed by atoms with Crippen LogP contribution in [0.1, 0.15) is 37.7 Å². The molecule has 1 saturated carbocycles. The average molecular weight is 494 g/mol. The summed E-state index contributed by atoms with van der Waals surface area (Å²) in [7, 11) is 8.99. The van der Waals surface area contributed by atoms with E-state index in [1.807, 2.05) is 38.4 Å². The summed E-state index contributed by atoms with van der Waals surface area (Å²) in [6.45, 7) is 1.70. The highest BCUT2D eigenvalue weighted by molar-refractivity contribution is 5.90. The van der Waals surface area contributed by atoms with Gasteiger partial charge >= 0.3 is 0 Å². The number of fused-ring (bicyclic) bond motifs is 1. The number of ether oxygens (including phenoxy) is 3. The molecule has 0 spiro atoms. The number of rotatable bonds is 11. The highest BCUT2D eigenvalue weighted by Crippen LogP contribution is 2.39. The maximum atomic E-state index is 5.60. The van der Waals surface area contributed by atoms with Crippen molar-refractivity contribution >= 4 is 22.7 Å². The Kier molecular flexibility index (Phi) is 8.70. The number of hydrogen-bond acceptors (Lipinski definition) is 8. The summed E-state index contributed by atoms with van der Waals surface area (Å²) >= 11 is 0. The van der Waals surface area contributed by atoms with Crippen LogP contribution in [-0.4, -0.2) is 58.0 Å². The topological polar surface area (TPSA) is 80.8 Å². The van der Waals surface area contributed by atoms with E-state index in [2.05, 4.69) is 27.7 Å². The minimum Gasteiger partial charge on any atom is -0.493 e. The van der Waals surface area contributed by atoms with Gasteiger partial charge in [-0.05, 0) is 62.8 Å². The molecule has 36 heavy (non-hydrogen) atoms. The van der Waals surface area contributed by atoms with E-state index < -0.39 is 0 Å². The zero-order valence-electron chi connectivity index (χ0n) is 22.1. The molecule has 1 aliphatic rings. The van der Waals surface area contributed by atoms with Crippen LogP contribution >= 0.6 is 0 Å². The summed E-state index contributed by atoms with van der Waals surface area (Å²) in [6, 6.07) is 12.6. The third-order valence-corrected chi connectivity index (χ3v) is 7.02. The van der Waals surface area contributed by atoms with Crippen molar-refractivity contribution < 1.29 is 14.2 Å². The molecule has 8 nitrogen and oxygen atoms in total. The molecule has 8 heteroatoms. The lowest BCUT2D eigenvalue weighted by atomic mass is 9.84. The molecule has 0 atom stereocenters. The number of hydrogen-bond donors (Lipinski definition) is 2. The summed E-state index contributed by atoms with van der Waals surface area (Å²) < 4.78 is 16.5. The Morgan fingerprint density at radius 2 is 1.64 bits per heavy atom. The summed E-state index contributed by atoms with van der Waals surface area (Å²) in [5.74, 6) is 4.45. The number of anilines is 2. The fourth-order valence-corrected chi connectivity index (χ4v) is 5.07. The van der Waals surface area contributed by atoms with E-state index in [9.17, 15) is 0 Å². The molecule has 194 valence electrons. The molecule has 0 radical (unpaired) electrons. The number of para-hydroxylation sites is 1. The van der Waals surface area contributed by atoms with Crippen molar-refractivity contribution in [2.24, 2.45) is 5.92 Å². The van der Waals surface area contributed by atoms with Crippen LogP contribution in [0, 0.1) is 5.92 Å².